The van der Waals surface area contributed by atoms with E-state index in [2.05, 4.69) is 10.3 Å². The van der Waals surface area contributed by atoms with Crippen LogP contribution in [0.1, 0.15) is 44.9 Å². The Morgan fingerprint density at radius 3 is 2.50 bits per heavy atom. The van der Waals surface area contributed by atoms with Crippen LogP contribution >= 0.6 is 11.3 Å². The van der Waals surface area contributed by atoms with E-state index in [0.29, 0.717) is 5.56 Å². The van der Waals surface area contributed by atoms with Crippen LogP contribution in [0.4, 0.5) is 5.00 Å². The summed E-state index contributed by atoms with van der Waals surface area (Å²) in [6, 6.07) is 3.21. The van der Waals surface area contributed by atoms with Crippen LogP contribution in [-0.2, 0) is 9.47 Å². The van der Waals surface area contributed by atoms with Gasteiger partial charge in [0.15, 0.2) is 0 Å². The lowest BCUT2D eigenvalue weighted by Gasteiger charge is -2.08. The molecule has 0 aliphatic rings. The molecule has 7 nitrogen and oxygen atoms in total. The maximum absolute atomic E-state index is 12.2. The van der Waals surface area contributed by atoms with Gasteiger partial charge in [-0.3, -0.25) is 9.78 Å². The highest BCUT2D eigenvalue weighted by Crippen LogP contribution is 2.30. The lowest BCUT2D eigenvalue weighted by Crippen LogP contribution is -2.17. The summed E-state index contributed by atoms with van der Waals surface area (Å²) in [4.78, 5) is 40.3. The minimum atomic E-state index is -0.691. The van der Waals surface area contributed by atoms with E-state index < -0.39 is 17.8 Å². The van der Waals surface area contributed by atoms with Crippen molar-refractivity contribution in [3.8, 4) is 0 Å². The van der Waals surface area contributed by atoms with Crippen molar-refractivity contribution < 1.29 is 23.9 Å². The van der Waals surface area contributed by atoms with Gasteiger partial charge in [-0.15, -0.1) is 11.3 Å². The molecule has 0 aliphatic heterocycles. The molecule has 0 bridgehead atoms. The standard InChI is InChI=1S/C16H16N2O5S/c1-3-22-15(20)11-9-24-14(12(11)16(21)23-4-2)18-13(19)10-6-5-7-17-8-10/h5-9H,3-4H2,1-2H3,(H,18,19). The normalized spacial score (nSPS) is 10.1. The Morgan fingerprint density at radius 1 is 1.17 bits per heavy atom. The van der Waals surface area contributed by atoms with Crippen LogP contribution in [0.15, 0.2) is 29.9 Å². The van der Waals surface area contributed by atoms with Crippen LogP contribution in [-0.4, -0.2) is 36.0 Å². The minimum Gasteiger partial charge on any atom is -0.462 e. The van der Waals surface area contributed by atoms with Gasteiger partial charge >= 0.3 is 11.9 Å². The third kappa shape index (κ3) is 3.96. The van der Waals surface area contributed by atoms with E-state index in [1.165, 1.54) is 11.6 Å². The van der Waals surface area contributed by atoms with E-state index >= 15 is 0 Å². The first-order valence-corrected chi connectivity index (χ1v) is 8.13. The summed E-state index contributed by atoms with van der Waals surface area (Å²) >= 11 is 1.05. The van der Waals surface area contributed by atoms with Gasteiger partial charge in [-0.1, -0.05) is 0 Å². The Hall–Kier alpha value is -2.74. The predicted octanol–water partition coefficient (Wildman–Crippen LogP) is 2.75. The topological polar surface area (TPSA) is 94.6 Å². The van der Waals surface area contributed by atoms with Gasteiger partial charge in [0.25, 0.3) is 5.91 Å². The molecule has 0 atom stereocenters. The van der Waals surface area contributed by atoms with Gasteiger partial charge in [0.1, 0.15) is 10.6 Å². The Balaban J connectivity index is 2.33. The van der Waals surface area contributed by atoms with Crippen LogP contribution < -0.4 is 5.32 Å². The fraction of sp³-hybridized carbons (Fsp3) is 0.250. The summed E-state index contributed by atoms with van der Waals surface area (Å²) in [6.45, 7) is 3.64. The van der Waals surface area contributed by atoms with Crippen molar-refractivity contribution in [3.05, 3.63) is 46.6 Å². The number of thiophene rings is 1. The van der Waals surface area contributed by atoms with Crippen molar-refractivity contribution in [2.75, 3.05) is 18.5 Å². The van der Waals surface area contributed by atoms with Gasteiger partial charge in [-0.05, 0) is 26.0 Å². The molecular formula is C16H16N2O5S. The van der Waals surface area contributed by atoms with E-state index in [0.717, 1.165) is 11.3 Å². The van der Waals surface area contributed by atoms with Crippen LogP contribution in [0.2, 0.25) is 0 Å². The number of amides is 1. The number of anilines is 1. The molecule has 1 amide bonds. The van der Waals surface area contributed by atoms with Crippen LogP contribution in [0.5, 0.6) is 0 Å². The minimum absolute atomic E-state index is 0.00228. The van der Waals surface area contributed by atoms with Crippen molar-refractivity contribution >= 4 is 34.2 Å². The lowest BCUT2D eigenvalue weighted by atomic mass is 10.2. The second kappa shape index (κ2) is 8.21. The highest BCUT2D eigenvalue weighted by Gasteiger charge is 2.26. The van der Waals surface area contributed by atoms with Gasteiger partial charge in [-0.2, -0.15) is 0 Å². The van der Waals surface area contributed by atoms with Crippen molar-refractivity contribution in [1.82, 2.24) is 4.98 Å². The summed E-state index contributed by atoms with van der Waals surface area (Å²) < 4.78 is 9.92. The van der Waals surface area contributed by atoms with Crippen LogP contribution in [0.3, 0.4) is 0 Å². The zero-order chi connectivity index (χ0) is 17.5. The van der Waals surface area contributed by atoms with Crippen molar-refractivity contribution in [1.29, 1.82) is 0 Å². The number of rotatable bonds is 6. The number of hydrogen-bond acceptors (Lipinski definition) is 7. The second-order valence-corrected chi connectivity index (χ2v) is 5.37. The highest BCUT2D eigenvalue weighted by molar-refractivity contribution is 7.15. The molecule has 0 fully saturated rings. The summed E-state index contributed by atoms with van der Waals surface area (Å²) in [5, 5.41) is 4.30. The smallest absolute Gasteiger partial charge is 0.342 e. The van der Waals surface area contributed by atoms with E-state index in [4.69, 9.17) is 9.47 Å². The number of carbonyl (C=O) groups excluding carboxylic acids is 3. The molecule has 0 spiro atoms. The monoisotopic (exact) mass is 348 g/mol. The number of nitrogens with one attached hydrogen (secondary N) is 1. The molecule has 1 N–H and O–H groups in total. The van der Waals surface area contributed by atoms with E-state index in [-0.39, 0.29) is 29.3 Å². The summed E-state index contributed by atoms with van der Waals surface area (Å²) in [5.74, 6) is -1.77. The third-order valence-electron chi connectivity index (χ3n) is 2.92. The molecule has 2 aromatic rings. The molecule has 126 valence electrons. The molecule has 0 unspecified atom stereocenters. The predicted molar refractivity (Wildman–Crippen MR) is 88.4 cm³/mol. The van der Waals surface area contributed by atoms with E-state index in [1.54, 1.807) is 32.2 Å². The molecule has 2 heterocycles. The maximum atomic E-state index is 12.2. The molecule has 0 aromatic carbocycles. The number of esters is 2. The van der Waals surface area contributed by atoms with Gasteiger partial charge in [-0.25, -0.2) is 9.59 Å². The van der Waals surface area contributed by atoms with Gasteiger partial charge in [0.05, 0.1) is 24.3 Å². The Labute approximate surface area is 142 Å². The average molecular weight is 348 g/mol. The van der Waals surface area contributed by atoms with Gasteiger partial charge in [0, 0.05) is 17.8 Å². The van der Waals surface area contributed by atoms with Gasteiger partial charge < -0.3 is 14.8 Å². The van der Waals surface area contributed by atoms with E-state index in [9.17, 15) is 14.4 Å². The zero-order valence-corrected chi connectivity index (χ0v) is 14.0. The summed E-state index contributed by atoms with van der Waals surface area (Å²) in [5.41, 5.74) is 0.401. The number of aromatic nitrogens is 1. The highest BCUT2D eigenvalue weighted by atomic mass is 32.1. The summed E-state index contributed by atoms with van der Waals surface area (Å²) in [6.07, 6.45) is 2.95. The zero-order valence-electron chi connectivity index (χ0n) is 13.2. The first kappa shape index (κ1) is 17.6. The van der Waals surface area contributed by atoms with Crippen LogP contribution in [0, 0.1) is 0 Å². The maximum Gasteiger partial charge on any atom is 0.342 e. The van der Waals surface area contributed by atoms with Crippen molar-refractivity contribution in [2.45, 2.75) is 13.8 Å². The molecule has 0 aliphatic carbocycles. The quantitative estimate of drug-likeness (QED) is 0.807. The fourth-order valence-electron chi connectivity index (χ4n) is 1.89. The Kier molecular flexibility index (Phi) is 6.02. The molecule has 0 saturated heterocycles. The van der Waals surface area contributed by atoms with E-state index in [1.807, 2.05) is 0 Å². The third-order valence-corrected chi connectivity index (χ3v) is 3.81. The van der Waals surface area contributed by atoms with Gasteiger partial charge in [0.2, 0.25) is 0 Å². The lowest BCUT2D eigenvalue weighted by molar-refractivity contribution is 0.0481. The molecular weight excluding hydrogens is 332 g/mol. The number of hydrogen-bond donors (Lipinski definition) is 1. The Bertz CT molecular complexity index is 742. The van der Waals surface area contributed by atoms with Crippen molar-refractivity contribution in [3.63, 3.8) is 0 Å². The first-order chi connectivity index (χ1) is 11.6. The van der Waals surface area contributed by atoms with Crippen LogP contribution in [0.25, 0.3) is 0 Å². The summed E-state index contributed by atoms with van der Waals surface area (Å²) in [7, 11) is 0. The Morgan fingerprint density at radius 2 is 1.88 bits per heavy atom. The molecule has 0 radical (unpaired) electrons. The molecule has 0 saturated carbocycles. The number of ether oxygens (including phenoxy) is 2. The number of nitrogens with zero attached hydrogens (tertiary/aromatic N) is 1. The second-order valence-electron chi connectivity index (χ2n) is 4.49. The number of carbonyl (C=O) groups is 3. The van der Waals surface area contributed by atoms with Crippen molar-refractivity contribution in [2.24, 2.45) is 0 Å². The molecule has 8 heteroatoms. The largest absolute Gasteiger partial charge is 0.462 e. The fourth-order valence-corrected chi connectivity index (χ4v) is 2.80. The first-order valence-electron chi connectivity index (χ1n) is 7.25. The molecule has 2 aromatic heterocycles. The molecule has 24 heavy (non-hydrogen) atoms. The average Bonchev–Trinajstić information content (AvgIpc) is 3.00. The number of pyridine rings is 1. The molecule has 2 rings (SSSR count). The SMILES string of the molecule is CCOC(=O)c1csc(NC(=O)c2cccnc2)c1C(=O)OCC.